The maximum atomic E-state index is 11.9. The molecule has 1 aliphatic rings. The number of H-pyrrole nitrogens is 1. The molecule has 10 heteroatoms. The van der Waals surface area contributed by atoms with Gasteiger partial charge in [0.1, 0.15) is 18.3 Å². The van der Waals surface area contributed by atoms with Crippen molar-refractivity contribution in [3.8, 4) is 0 Å². The number of nitrogens with one attached hydrogen (secondary N) is 1. The minimum Gasteiger partial charge on any atom is -0.469 e. The maximum Gasteiger partial charge on any atom is 0.330 e. The van der Waals surface area contributed by atoms with Crippen LogP contribution in [0, 0.1) is 0 Å². The number of aromatic amines is 1. The second-order valence-electron chi connectivity index (χ2n) is 4.92. The van der Waals surface area contributed by atoms with Crippen LogP contribution in [0.2, 0.25) is 0 Å². The first-order chi connectivity index (χ1) is 11.0. The van der Waals surface area contributed by atoms with Gasteiger partial charge in [0.2, 0.25) is 0 Å². The summed E-state index contributed by atoms with van der Waals surface area (Å²) in [5, 5.41) is 19.4. The molecule has 1 aromatic heterocycles. The molecule has 2 heterocycles. The lowest BCUT2D eigenvalue weighted by molar-refractivity contribution is -0.143. The lowest BCUT2D eigenvalue weighted by atomic mass is 10.1. The van der Waals surface area contributed by atoms with Crippen molar-refractivity contribution in [1.29, 1.82) is 0 Å². The summed E-state index contributed by atoms with van der Waals surface area (Å²) in [6, 6.07) is 1.12. The number of rotatable bonds is 6. The average Bonchev–Trinajstić information content (AvgIpc) is 2.83. The van der Waals surface area contributed by atoms with E-state index in [0.717, 1.165) is 10.6 Å². The zero-order chi connectivity index (χ0) is 17.0. The maximum absolute atomic E-state index is 11.9. The van der Waals surface area contributed by atoms with E-state index in [0.29, 0.717) is 0 Å². The van der Waals surface area contributed by atoms with Gasteiger partial charge in [-0.25, -0.2) is 4.79 Å². The molecule has 1 fully saturated rings. The molecule has 128 valence electrons. The molecule has 4 atom stereocenters. The fourth-order valence-corrected chi connectivity index (χ4v) is 2.28. The van der Waals surface area contributed by atoms with Crippen LogP contribution in [-0.2, 0) is 19.0 Å². The summed E-state index contributed by atoms with van der Waals surface area (Å²) in [5.74, 6) is -0.491. The normalized spacial score (nSPS) is 27.1. The molecule has 0 aliphatic carbocycles. The van der Waals surface area contributed by atoms with Gasteiger partial charge in [-0.1, -0.05) is 0 Å². The fourth-order valence-electron chi connectivity index (χ4n) is 2.28. The van der Waals surface area contributed by atoms with Gasteiger partial charge in [-0.2, -0.15) is 0 Å². The zero-order valence-corrected chi connectivity index (χ0v) is 12.4. The molecule has 3 N–H and O–H groups in total. The molecule has 10 nitrogen and oxygen atoms in total. The number of hydrogen-bond acceptors (Lipinski definition) is 8. The highest BCUT2D eigenvalue weighted by Gasteiger charge is 2.45. The largest absolute Gasteiger partial charge is 0.469 e. The molecule has 0 unspecified atom stereocenters. The standard InChI is InChI=1S/C13H18N2O8/c1-21-9(18)3-5-22-11-10(19)7(6-16)23-12(11)15-4-2-8(17)14-13(15)20/h2,4,7,10-12,16,19H,3,5-6H2,1H3,(H,14,17,20)/t7-,10-,11-,12-/m1/s1. The summed E-state index contributed by atoms with van der Waals surface area (Å²) in [4.78, 5) is 36.1. The molecule has 1 saturated heterocycles. The summed E-state index contributed by atoms with van der Waals surface area (Å²) >= 11 is 0. The van der Waals surface area contributed by atoms with Crippen molar-refractivity contribution in [3.63, 3.8) is 0 Å². The van der Waals surface area contributed by atoms with Crippen molar-refractivity contribution < 1.29 is 29.2 Å². The van der Waals surface area contributed by atoms with E-state index in [1.165, 1.54) is 13.3 Å². The Kier molecular flexibility index (Phi) is 5.66. The molecule has 0 spiro atoms. The van der Waals surface area contributed by atoms with Crippen LogP contribution in [-0.4, -0.2) is 64.4 Å². The third-order valence-electron chi connectivity index (χ3n) is 3.46. The van der Waals surface area contributed by atoms with Gasteiger partial charge in [0.25, 0.3) is 5.56 Å². The van der Waals surface area contributed by atoms with Crippen molar-refractivity contribution >= 4 is 5.97 Å². The number of carbonyl (C=O) groups excluding carboxylic acids is 1. The molecule has 2 rings (SSSR count). The number of nitrogens with zero attached hydrogens (tertiary/aromatic N) is 1. The van der Waals surface area contributed by atoms with Gasteiger partial charge < -0.3 is 24.4 Å². The Bertz CT molecular complexity index is 654. The van der Waals surface area contributed by atoms with E-state index in [-0.39, 0.29) is 13.0 Å². The van der Waals surface area contributed by atoms with Crippen molar-refractivity contribution in [3.05, 3.63) is 33.1 Å². The Balaban J connectivity index is 2.18. The monoisotopic (exact) mass is 330 g/mol. The van der Waals surface area contributed by atoms with E-state index < -0.39 is 48.4 Å². The number of aliphatic hydroxyl groups is 2. The number of aliphatic hydroxyl groups excluding tert-OH is 2. The van der Waals surface area contributed by atoms with Gasteiger partial charge in [-0.15, -0.1) is 0 Å². The number of ether oxygens (including phenoxy) is 3. The van der Waals surface area contributed by atoms with E-state index in [1.807, 2.05) is 0 Å². The first-order valence-electron chi connectivity index (χ1n) is 6.92. The van der Waals surface area contributed by atoms with Crippen molar-refractivity contribution in [1.82, 2.24) is 9.55 Å². The number of methoxy groups -OCH3 is 1. The van der Waals surface area contributed by atoms with E-state index in [9.17, 15) is 24.6 Å². The van der Waals surface area contributed by atoms with Gasteiger partial charge in [0, 0.05) is 12.3 Å². The molecule has 0 bridgehead atoms. The predicted octanol–water partition coefficient (Wildman–Crippen LogP) is -2.26. The highest BCUT2D eigenvalue weighted by atomic mass is 16.6. The molecule has 1 aliphatic heterocycles. The van der Waals surface area contributed by atoms with Crippen LogP contribution < -0.4 is 11.2 Å². The summed E-state index contributed by atoms with van der Waals surface area (Å²) < 4.78 is 16.4. The average molecular weight is 330 g/mol. The van der Waals surface area contributed by atoms with Crippen molar-refractivity contribution in [2.24, 2.45) is 0 Å². The van der Waals surface area contributed by atoms with Gasteiger partial charge in [-0.3, -0.25) is 19.1 Å². The second-order valence-corrected chi connectivity index (χ2v) is 4.92. The number of aromatic nitrogens is 2. The topological polar surface area (TPSA) is 140 Å². The summed E-state index contributed by atoms with van der Waals surface area (Å²) in [7, 11) is 1.24. The summed E-state index contributed by atoms with van der Waals surface area (Å²) in [6.07, 6.45) is -3.06. The number of carbonyl (C=O) groups is 1. The van der Waals surface area contributed by atoms with Crippen LogP contribution in [0.1, 0.15) is 12.6 Å². The highest BCUT2D eigenvalue weighted by Crippen LogP contribution is 2.30. The Morgan fingerprint density at radius 3 is 2.83 bits per heavy atom. The fraction of sp³-hybridized carbons (Fsp3) is 0.615. The van der Waals surface area contributed by atoms with E-state index >= 15 is 0 Å². The van der Waals surface area contributed by atoms with Crippen LogP contribution in [0.3, 0.4) is 0 Å². The minimum absolute atomic E-state index is 0.0449. The minimum atomic E-state index is -1.21. The van der Waals surface area contributed by atoms with Crippen LogP contribution in [0.4, 0.5) is 0 Å². The van der Waals surface area contributed by atoms with Gasteiger partial charge in [0.05, 0.1) is 26.7 Å². The molecule has 0 aromatic carbocycles. The lowest BCUT2D eigenvalue weighted by Crippen LogP contribution is -2.39. The van der Waals surface area contributed by atoms with E-state index in [1.54, 1.807) is 0 Å². The molecule has 1 aromatic rings. The smallest absolute Gasteiger partial charge is 0.330 e. The Hall–Kier alpha value is -2.01. The second kappa shape index (κ2) is 7.51. The highest BCUT2D eigenvalue weighted by molar-refractivity contribution is 5.69. The lowest BCUT2D eigenvalue weighted by Gasteiger charge is -2.22. The van der Waals surface area contributed by atoms with Gasteiger partial charge in [0.15, 0.2) is 6.23 Å². The van der Waals surface area contributed by atoms with E-state index in [2.05, 4.69) is 9.72 Å². The van der Waals surface area contributed by atoms with E-state index in [4.69, 9.17) is 9.47 Å². The first-order valence-corrected chi connectivity index (χ1v) is 6.92. The molecule has 0 saturated carbocycles. The summed E-state index contributed by atoms with van der Waals surface area (Å²) in [6.45, 7) is -0.544. The Labute approximate surface area is 130 Å². The quantitative estimate of drug-likeness (QED) is 0.496. The SMILES string of the molecule is COC(=O)CCO[C@@H]1[C@H](O)[C@@H](CO)O[C@H]1n1ccc(=O)[nH]c1=O. The third-order valence-corrected chi connectivity index (χ3v) is 3.46. The van der Waals surface area contributed by atoms with Gasteiger partial charge in [-0.05, 0) is 0 Å². The molecule has 0 radical (unpaired) electrons. The molecular weight excluding hydrogens is 312 g/mol. The van der Waals surface area contributed by atoms with Crippen LogP contribution in [0.25, 0.3) is 0 Å². The van der Waals surface area contributed by atoms with Crippen molar-refractivity contribution in [2.45, 2.75) is 31.0 Å². The van der Waals surface area contributed by atoms with Crippen LogP contribution in [0.5, 0.6) is 0 Å². The molecular formula is C13H18N2O8. The van der Waals surface area contributed by atoms with Crippen molar-refractivity contribution in [2.75, 3.05) is 20.3 Å². The molecule has 0 amide bonds. The van der Waals surface area contributed by atoms with Gasteiger partial charge >= 0.3 is 11.7 Å². The van der Waals surface area contributed by atoms with Crippen LogP contribution in [0.15, 0.2) is 21.9 Å². The predicted molar refractivity (Wildman–Crippen MR) is 74.7 cm³/mol. The number of esters is 1. The number of hydrogen-bond donors (Lipinski definition) is 3. The third kappa shape index (κ3) is 3.85. The summed E-state index contributed by atoms with van der Waals surface area (Å²) in [5.41, 5.74) is -1.32. The van der Waals surface area contributed by atoms with Crippen LogP contribution >= 0.6 is 0 Å². The Morgan fingerprint density at radius 2 is 2.22 bits per heavy atom. The Morgan fingerprint density at radius 1 is 1.48 bits per heavy atom. The zero-order valence-electron chi connectivity index (χ0n) is 12.4. The first kappa shape index (κ1) is 17.3. The molecule has 23 heavy (non-hydrogen) atoms.